The minimum Gasteiger partial charge on any atom is -0.265 e. The minimum absolute atomic E-state index is 0.0881. The highest BCUT2D eigenvalue weighted by molar-refractivity contribution is 5.63. The van der Waals surface area contributed by atoms with Crippen LogP contribution in [0.2, 0.25) is 0 Å². The number of nitriles is 1. The number of rotatable bonds is 2. The molecule has 0 saturated carbocycles. The molecule has 0 atom stereocenters. The zero-order valence-electron chi connectivity index (χ0n) is 8.52. The summed E-state index contributed by atoms with van der Waals surface area (Å²) >= 11 is 0. The monoisotopic (exact) mass is 212 g/mol. The Hall–Kier alpha value is -2.21. The second-order valence-electron chi connectivity index (χ2n) is 3.38. The van der Waals surface area contributed by atoms with Crippen LogP contribution in [0.3, 0.4) is 0 Å². The first-order valence-electron chi connectivity index (χ1n) is 4.87. The molecule has 1 aromatic heterocycles. The third-order valence-corrected chi connectivity index (χ3v) is 2.33. The Balaban J connectivity index is 2.45. The van der Waals surface area contributed by atoms with Gasteiger partial charge in [0.1, 0.15) is 5.82 Å². The van der Waals surface area contributed by atoms with Gasteiger partial charge in [0.15, 0.2) is 0 Å². The Bertz CT molecular complexity index is 529. The number of hydrogen-bond acceptors (Lipinski definition) is 2. The summed E-state index contributed by atoms with van der Waals surface area (Å²) < 4.78 is 13.3. The Morgan fingerprint density at radius 2 is 1.88 bits per heavy atom. The lowest BCUT2D eigenvalue weighted by molar-refractivity contribution is 0.615. The highest BCUT2D eigenvalue weighted by Gasteiger charge is 2.04. The second kappa shape index (κ2) is 4.54. The van der Waals surface area contributed by atoms with Gasteiger partial charge < -0.3 is 0 Å². The molecule has 0 aliphatic carbocycles. The van der Waals surface area contributed by atoms with E-state index >= 15 is 0 Å². The summed E-state index contributed by atoms with van der Waals surface area (Å²) in [4.78, 5) is 3.92. The molecule has 0 radical (unpaired) electrons. The van der Waals surface area contributed by atoms with Gasteiger partial charge in [-0.15, -0.1) is 0 Å². The molecule has 16 heavy (non-hydrogen) atoms. The SMILES string of the molecule is N#CCc1cc(-c2ccncc2)ccc1F. The number of aromatic nitrogens is 1. The van der Waals surface area contributed by atoms with E-state index in [-0.39, 0.29) is 12.2 Å². The molecule has 78 valence electrons. The zero-order chi connectivity index (χ0) is 11.4. The fourth-order valence-electron chi connectivity index (χ4n) is 1.52. The van der Waals surface area contributed by atoms with Crippen molar-refractivity contribution in [2.75, 3.05) is 0 Å². The Kier molecular flexibility index (Phi) is 2.93. The van der Waals surface area contributed by atoms with Crippen LogP contribution in [0.5, 0.6) is 0 Å². The van der Waals surface area contributed by atoms with Crippen LogP contribution in [0.1, 0.15) is 5.56 Å². The Morgan fingerprint density at radius 1 is 1.12 bits per heavy atom. The Labute approximate surface area is 93.0 Å². The molecule has 2 nitrogen and oxygen atoms in total. The molecule has 0 amide bonds. The van der Waals surface area contributed by atoms with Crippen molar-refractivity contribution in [2.24, 2.45) is 0 Å². The normalized spacial score (nSPS) is 9.75. The van der Waals surface area contributed by atoms with Gasteiger partial charge in [-0.2, -0.15) is 5.26 Å². The standard InChI is InChI=1S/C13H9FN2/c14-13-2-1-11(9-12(13)3-6-15)10-4-7-16-8-5-10/h1-2,4-5,7-9H,3H2. The van der Waals surface area contributed by atoms with Crippen molar-refractivity contribution in [3.05, 3.63) is 54.1 Å². The largest absolute Gasteiger partial charge is 0.265 e. The Morgan fingerprint density at radius 3 is 2.56 bits per heavy atom. The van der Waals surface area contributed by atoms with Gasteiger partial charge in [0.05, 0.1) is 12.5 Å². The third-order valence-electron chi connectivity index (χ3n) is 2.33. The van der Waals surface area contributed by atoms with Crippen LogP contribution in [0, 0.1) is 17.1 Å². The van der Waals surface area contributed by atoms with E-state index in [1.807, 2.05) is 18.2 Å². The van der Waals surface area contributed by atoms with Crippen LogP contribution in [0.15, 0.2) is 42.7 Å². The van der Waals surface area contributed by atoms with Gasteiger partial charge >= 0.3 is 0 Å². The van der Waals surface area contributed by atoms with Gasteiger partial charge in [-0.1, -0.05) is 6.07 Å². The molecule has 1 aromatic carbocycles. The maximum atomic E-state index is 13.3. The fraction of sp³-hybridized carbons (Fsp3) is 0.0769. The van der Waals surface area contributed by atoms with Crippen LogP contribution in [-0.4, -0.2) is 4.98 Å². The van der Waals surface area contributed by atoms with Gasteiger partial charge in [-0.25, -0.2) is 4.39 Å². The summed E-state index contributed by atoms with van der Waals surface area (Å²) in [6.45, 7) is 0. The smallest absolute Gasteiger partial charge is 0.127 e. The summed E-state index contributed by atoms with van der Waals surface area (Å²) in [6, 6.07) is 10.4. The van der Waals surface area contributed by atoms with E-state index in [2.05, 4.69) is 4.98 Å². The summed E-state index contributed by atoms with van der Waals surface area (Å²) in [7, 11) is 0. The molecule has 0 spiro atoms. The molecule has 0 aliphatic rings. The average molecular weight is 212 g/mol. The zero-order valence-corrected chi connectivity index (χ0v) is 8.52. The molecule has 2 rings (SSSR count). The van der Waals surface area contributed by atoms with Crippen molar-refractivity contribution in [1.29, 1.82) is 5.26 Å². The van der Waals surface area contributed by atoms with E-state index in [4.69, 9.17) is 5.26 Å². The lowest BCUT2D eigenvalue weighted by Crippen LogP contribution is -1.89. The third kappa shape index (κ3) is 2.06. The maximum absolute atomic E-state index is 13.3. The van der Waals surface area contributed by atoms with E-state index in [1.54, 1.807) is 24.5 Å². The molecule has 0 saturated heterocycles. The summed E-state index contributed by atoms with van der Waals surface area (Å²) in [5, 5.41) is 8.58. The van der Waals surface area contributed by atoms with Crippen LogP contribution >= 0.6 is 0 Å². The lowest BCUT2D eigenvalue weighted by atomic mass is 10.0. The number of nitrogens with zero attached hydrogens (tertiary/aromatic N) is 2. The van der Waals surface area contributed by atoms with Crippen LogP contribution < -0.4 is 0 Å². The average Bonchev–Trinajstić information content (AvgIpc) is 2.33. The molecule has 0 bridgehead atoms. The summed E-state index contributed by atoms with van der Waals surface area (Å²) in [5.41, 5.74) is 2.29. The predicted molar refractivity (Wildman–Crippen MR) is 58.9 cm³/mol. The van der Waals surface area contributed by atoms with E-state index in [1.165, 1.54) is 6.07 Å². The molecule has 0 unspecified atom stereocenters. The maximum Gasteiger partial charge on any atom is 0.127 e. The quantitative estimate of drug-likeness (QED) is 0.767. The lowest BCUT2D eigenvalue weighted by Gasteiger charge is -2.04. The first-order chi connectivity index (χ1) is 7.81. The number of benzene rings is 1. The van der Waals surface area contributed by atoms with E-state index < -0.39 is 0 Å². The number of pyridine rings is 1. The van der Waals surface area contributed by atoms with Gasteiger partial charge in [0.2, 0.25) is 0 Å². The van der Waals surface area contributed by atoms with Crippen LogP contribution in [0.25, 0.3) is 11.1 Å². The van der Waals surface area contributed by atoms with E-state index in [9.17, 15) is 4.39 Å². The van der Waals surface area contributed by atoms with Gasteiger partial charge in [0.25, 0.3) is 0 Å². The predicted octanol–water partition coefficient (Wildman–Crippen LogP) is 2.95. The number of hydrogen-bond donors (Lipinski definition) is 0. The molecule has 3 heteroatoms. The molecular weight excluding hydrogens is 203 g/mol. The highest BCUT2D eigenvalue weighted by atomic mass is 19.1. The second-order valence-corrected chi connectivity index (χ2v) is 3.38. The minimum atomic E-state index is -0.334. The van der Waals surface area contributed by atoms with Gasteiger partial charge in [-0.05, 0) is 35.4 Å². The molecule has 0 fully saturated rings. The van der Waals surface area contributed by atoms with Crippen LogP contribution in [-0.2, 0) is 6.42 Å². The molecular formula is C13H9FN2. The first kappa shape index (κ1) is 10.3. The molecule has 0 N–H and O–H groups in total. The molecule has 1 heterocycles. The van der Waals surface area contributed by atoms with Crippen LogP contribution in [0.4, 0.5) is 4.39 Å². The summed E-state index contributed by atoms with van der Waals surface area (Å²) in [6.07, 6.45) is 3.45. The topological polar surface area (TPSA) is 36.7 Å². The van der Waals surface area contributed by atoms with Gasteiger partial charge in [0, 0.05) is 18.0 Å². The molecule has 2 aromatic rings. The van der Waals surface area contributed by atoms with Crippen molar-refractivity contribution in [1.82, 2.24) is 4.98 Å². The van der Waals surface area contributed by atoms with E-state index in [0.717, 1.165) is 11.1 Å². The fourth-order valence-corrected chi connectivity index (χ4v) is 1.52. The number of halogens is 1. The van der Waals surface area contributed by atoms with Crippen molar-refractivity contribution >= 4 is 0 Å². The first-order valence-corrected chi connectivity index (χ1v) is 4.87. The molecule has 0 aliphatic heterocycles. The van der Waals surface area contributed by atoms with Crippen molar-refractivity contribution in [3.63, 3.8) is 0 Å². The van der Waals surface area contributed by atoms with Gasteiger partial charge in [-0.3, -0.25) is 4.98 Å². The highest BCUT2D eigenvalue weighted by Crippen LogP contribution is 2.21. The summed E-state index contributed by atoms with van der Waals surface area (Å²) in [5.74, 6) is -0.334. The van der Waals surface area contributed by atoms with E-state index in [0.29, 0.717) is 5.56 Å². The van der Waals surface area contributed by atoms with Crippen molar-refractivity contribution in [2.45, 2.75) is 6.42 Å². The van der Waals surface area contributed by atoms with Crippen molar-refractivity contribution in [3.8, 4) is 17.2 Å². The van der Waals surface area contributed by atoms with Crippen molar-refractivity contribution < 1.29 is 4.39 Å².